The number of anilines is 1. The topological polar surface area (TPSA) is 77.1 Å². The van der Waals surface area contributed by atoms with Crippen LogP contribution in [0.1, 0.15) is 25.0 Å². The molecule has 7 heteroatoms. The van der Waals surface area contributed by atoms with Crippen molar-refractivity contribution >= 4 is 23.6 Å². The van der Waals surface area contributed by atoms with Gasteiger partial charge in [-0.15, -0.1) is 0 Å². The standard InChI is InChI=1S/C24H26N2O5/c1-4-29-20-13-17-11-15(2)30-21(17)12-16(20)9-10-23(27)26-14-22(24(28)25-3)31-19-8-6-5-7-18(19)26/h5-10,12-13,15,22H,4,11,14H2,1-3H3,(H,25,28)/b10-9+/t15-,22+/m1/s1. The lowest BCUT2D eigenvalue weighted by Crippen LogP contribution is -2.49. The molecule has 0 aromatic heterocycles. The number of hydrogen-bond acceptors (Lipinski definition) is 5. The number of fused-ring (bicyclic) bond motifs is 2. The van der Waals surface area contributed by atoms with Gasteiger partial charge in [0, 0.05) is 30.7 Å². The molecule has 0 aliphatic carbocycles. The van der Waals surface area contributed by atoms with E-state index in [4.69, 9.17) is 14.2 Å². The maximum Gasteiger partial charge on any atom is 0.262 e. The third-order valence-corrected chi connectivity index (χ3v) is 5.31. The van der Waals surface area contributed by atoms with Crippen LogP contribution in [0.4, 0.5) is 5.69 Å². The molecule has 1 N–H and O–H groups in total. The molecule has 2 aliphatic heterocycles. The molecule has 0 saturated heterocycles. The maximum absolute atomic E-state index is 13.1. The minimum Gasteiger partial charge on any atom is -0.493 e. The van der Waals surface area contributed by atoms with Crippen LogP contribution in [0.2, 0.25) is 0 Å². The summed E-state index contributed by atoms with van der Waals surface area (Å²) >= 11 is 0. The van der Waals surface area contributed by atoms with Gasteiger partial charge in [0.15, 0.2) is 6.10 Å². The van der Waals surface area contributed by atoms with E-state index in [1.54, 1.807) is 30.2 Å². The molecule has 2 aromatic rings. The molecule has 0 bridgehead atoms. The molecular formula is C24H26N2O5. The summed E-state index contributed by atoms with van der Waals surface area (Å²) in [5.74, 6) is 1.51. The predicted molar refractivity (Wildman–Crippen MR) is 118 cm³/mol. The first-order chi connectivity index (χ1) is 15.0. The second-order valence-electron chi connectivity index (χ2n) is 7.53. The molecule has 2 aromatic carbocycles. The summed E-state index contributed by atoms with van der Waals surface area (Å²) in [7, 11) is 1.55. The zero-order valence-corrected chi connectivity index (χ0v) is 17.9. The summed E-state index contributed by atoms with van der Waals surface area (Å²) in [6.07, 6.45) is 3.41. The van der Waals surface area contributed by atoms with Crippen molar-refractivity contribution in [2.24, 2.45) is 0 Å². The second-order valence-corrected chi connectivity index (χ2v) is 7.53. The van der Waals surface area contributed by atoms with Gasteiger partial charge in [-0.2, -0.15) is 0 Å². The van der Waals surface area contributed by atoms with Crippen LogP contribution in [0.5, 0.6) is 17.2 Å². The van der Waals surface area contributed by atoms with Gasteiger partial charge in [-0.25, -0.2) is 0 Å². The molecule has 2 atom stereocenters. The van der Waals surface area contributed by atoms with E-state index in [0.29, 0.717) is 23.8 Å². The van der Waals surface area contributed by atoms with Crippen molar-refractivity contribution in [3.05, 3.63) is 53.6 Å². The molecule has 162 valence electrons. The van der Waals surface area contributed by atoms with Gasteiger partial charge in [-0.3, -0.25) is 9.59 Å². The fourth-order valence-electron chi connectivity index (χ4n) is 3.86. The summed E-state index contributed by atoms with van der Waals surface area (Å²) in [5.41, 5.74) is 2.51. The Morgan fingerprint density at radius 3 is 2.81 bits per heavy atom. The predicted octanol–water partition coefficient (Wildman–Crippen LogP) is 2.96. The van der Waals surface area contributed by atoms with Crippen LogP contribution < -0.4 is 24.4 Å². The average molecular weight is 422 g/mol. The lowest BCUT2D eigenvalue weighted by Gasteiger charge is -2.33. The van der Waals surface area contributed by atoms with Crippen molar-refractivity contribution < 1.29 is 23.8 Å². The number of para-hydroxylation sites is 2. The van der Waals surface area contributed by atoms with Gasteiger partial charge >= 0.3 is 0 Å². The van der Waals surface area contributed by atoms with Gasteiger partial charge in [-0.1, -0.05) is 12.1 Å². The number of nitrogens with one attached hydrogen (secondary N) is 1. The number of carbonyl (C=O) groups is 2. The number of benzene rings is 2. The molecule has 2 amide bonds. The first-order valence-electron chi connectivity index (χ1n) is 10.4. The van der Waals surface area contributed by atoms with E-state index >= 15 is 0 Å². The first-order valence-corrected chi connectivity index (χ1v) is 10.4. The third-order valence-electron chi connectivity index (χ3n) is 5.31. The molecule has 0 saturated carbocycles. The first kappa shape index (κ1) is 20.8. The van der Waals surface area contributed by atoms with Crippen molar-refractivity contribution in [3.8, 4) is 17.2 Å². The highest BCUT2D eigenvalue weighted by atomic mass is 16.5. The Labute approximate surface area is 181 Å². The Morgan fingerprint density at radius 2 is 2.03 bits per heavy atom. The zero-order chi connectivity index (χ0) is 22.0. The number of nitrogens with zero attached hydrogens (tertiary/aromatic N) is 1. The lowest BCUT2D eigenvalue weighted by atomic mass is 10.1. The summed E-state index contributed by atoms with van der Waals surface area (Å²) in [6.45, 7) is 4.60. The number of carbonyl (C=O) groups excluding carboxylic acids is 2. The highest BCUT2D eigenvalue weighted by Gasteiger charge is 2.32. The van der Waals surface area contributed by atoms with Crippen molar-refractivity contribution in [3.63, 3.8) is 0 Å². The molecule has 31 heavy (non-hydrogen) atoms. The number of rotatable bonds is 5. The summed E-state index contributed by atoms with van der Waals surface area (Å²) < 4.78 is 17.4. The highest BCUT2D eigenvalue weighted by molar-refractivity contribution is 6.06. The monoisotopic (exact) mass is 422 g/mol. The van der Waals surface area contributed by atoms with Gasteiger partial charge < -0.3 is 24.4 Å². The Bertz CT molecular complexity index is 1030. The van der Waals surface area contributed by atoms with E-state index < -0.39 is 6.10 Å². The van der Waals surface area contributed by atoms with Crippen molar-refractivity contribution in [1.82, 2.24) is 5.32 Å². The normalized spacial score (nSPS) is 19.3. The number of ether oxygens (including phenoxy) is 3. The van der Waals surface area contributed by atoms with E-state index in [1.165, 1.54) is 6.08 Å². The molecule has 0 unspecified atom stereocenters. The summed E-state index contributed by atoms with van der Waals surface area (Å²) in [4.78, 5) is 26.8. The van der Waals surface area contributed by atoms with Crippen LogP contribution >= 0.6 is 0 Å². The van der Waals surface area contributed by atoms with Crippen LogP contribution in [0.25, 0.3) is 6.08 Å². The quantitative estimate of drug-likeness (QED) is 0.750. The van der Waals surface area contributed by atoms with Crippen molar-refractivity contribution in [2.75, 3.05) is 25.1 Å². The number of amides is 2. The molecular weight excluding hydrogens is 396 g/mol. The number of likely N-dealkylation sites (N-methyl/N-ethyl adjacent to an activating group) is 1. The average Bonchev–Trinajstić information content (AvgIpc) is 3.14. The zero-order valence-electron chi connectivity index (χ0n) is 17.9. The molecule has 7 nitrogen and oxygen atoms in total. The number of hydrogen-bond donors (Lipinski definition) is 1. The maximum atomic E-state index is 13.1. The van der Waals surface area contributed by atoms with Crippen molar-refractivity contribution in [2.45, 2.75) is 32.5 Å². The summed E-state index contributed by atoms with van der Waals surface area (Å²) in [5, 5.41) is 2.58. The van der Waals surface area contributed by atoms with Crippen LogP contribution in [-0.2, 0) is 16.0 Å². The van der Waals surface area contributed by atoms with Crippen molar-refractivity contribution in [1.29, 1.82) is 0 Å². The Kier molecular flexibility index (Phi) is 5.84. The minimum absolute atomic E-state index is 0.122. The van der Waals surface area contributed by atoms with E-state index in [9.17, 15) is 9.59 Å². The fourth-order valence-corrected chi connectivity index (χ4v) is 3.86. The van der Waals surface area contributed by atoms with Crippen LogP contribution in [0.15, 0.2) is 42.5 Å². The van der Waals surface area contributed by atoms with E-state index in [-0.39, 0.29) is 24.5 Å². The molecule has 2 aliphatic rings. The fraction of sp³-hybridized carbons (Fsp3) is 0.333. The third kappa shape index (κ3) is 4.21. The minimum atomic E-state index is -0.772. The molecule has 0 radical (unpaired) electrons. The van der Waals surface area contributed by atoms with Crippen LogP contribution in [0, 0.1) is 0 Å². The molecule has 0 spiro atoms. The van der Waals surface area contributed by atoms with E-state index in [2.05, 4.69) is 5.32 Å². The Balaban J connectivity index is 1.62. The molecule has 2 heterocycles. The van der Waals surface area contributed by atoms with Gasteiger partial charge in [-0.05, 0) is 44.2 Å². The molecule has 0 fully saturated rings. The van der Waals surface area contributed by atoms with Crippen LogP contribution in [-0.4, -0.2) is 44.2 Å². The highest BCUT2D eigenvalue weighted by Crippen LogP contribution is 2.36. The van der Waals surface area contributed by atoms with E-state index in [1.807, 2.05) is 38.1 Å². The molecule has 4 rings (SSSR count). The Hall–Kier alpha value is -3.48. The van der Waals surface area contributed by atoms with Gasteiger partial charge in [0.25, 0.3) is 11.8 Å². The van der Waals surface area contributed by atoms with Crippen LogP contribution in [0.3, 0.4) is 0 Å². The Morgan fingerprint density at radius 1 is 1.23 bits per heavy atom. The SMILES string of the molecule is CCOc1cc2c(cc1/C=C/C(=O)N1C[C@@H](C(=O)NC)Oc3ccccc31)O[C@H](C)C2. The van der Waals surface area contributed by atoms with Gasteiger partial charge in [0.2, 0.25) is 0 Å². The van der Waals surface area contributed by atoms with Gasteiger partial charge in [0.05, 0.1) is 18.8 Å². The van der Waals surface area contributed by atoms with Gasteiger partial charge in [0.1, 0.15) is 23.4 Å². The smallest absolute Gasteiger partial charge is 0.262 e. The lowest BCUT2D eigenvalue weighted by molar-refractivity contribution is -0.127. The second kappa shape index (κ2) is 8.71. The summed E-state index contributed by atoms with van der Waals surface area (Å²) in [6, 6.07) is 11.1. The largest absolute Gasteiger partial charge is 0.493 e. The van der Waals surface area contributed by atoms with E-state index in [0.717, 1.165) is 23.3 Å².